The summed E-state index contributed by atoms with van der Waals surface area (Å²) in [6.45, 7) is 1.98. The summed E-state index contributed by atoms with van der Waals surface area (Å²) >= 11 is 1.12. The number of carbonyl (C=O) groups is 1. The summed E-state index contributed by atoms with van der Waals surface area (Å²) in [6.07, 6.45) is 2.21. The van der Waals surface area contributed by atoms with Crippen LogP contribution in [-0.2, 0) is 9.53 Å². The lowest BCUT2D eigenvalue weighted by Gasteiger charge is -2.03. The van der Waals surface area contributed by atoms with E-state index in [9.17, 15) is 4.79 Å². The molecule has 1 aromatic rings. The lowest BCUT2D eigenvalue weighted by atomic mass is 10.2. The number of nitrogens with zero attached hydrogens (tertiary/aromatic N) is 3. The summed E-state index contributed by atoms with van der Waals surface area (Å²) in [5, 5.41) is 9.38. The second kappa shape index (κ2) is 4.58. The van der Waals surface area contributed by atoms with Crippen LogP contribution < -0.4 is 0 Å². The number of rotatable bonds is 4. The third kappa shape index (κ3) is 2.19. The van der Waals surface area contributed by atoms with Gasteiger partial charge in [-0.15, -0.1) is 0 Å². The van der Waals surface area contributed by atoms with Gasteiger partial charge >= 0.3 is 5.97 Å². The van der Waals surface area contributed by atoms with Gasteiger partial charge in [0.05, 0.1) is 12.7 Å². The van der Waals surface area contributed by atoms with E-state index in [-0.39, 0.29) is 6.61 Å². The zero-order chi connectivity index (χ0) is 11.5. The number of aromatic nitrogens is 2. The topological polar surface area (TPSA) is 75.9 Å². The predicted octanol–water partition coefficient (Wildman–Crippen LogP) is 1.59. The molecule has 1 aliphatic rings. The molecule has 0 radical (unpaired) electrons. The molecule has 0 saturated heterocycles. The van der Waals surface area contributed by atoms with E-state index >= 15 is 0 Å². The highest BCUT2D eigenvalue weighted by atomic mass is 32.1. The molecule has 0 bridgehead atoms. The zero-order valence-electron chi connectivity index (χ0n) is 8.84. The largest absolute Gasteiger partial charge is 0.465 e. The fourth-order valence-corrected chi connectivity index (χ4v) is 2.07. The van der Waals surface area contributed by atoms with Crippen LogP contribution in [0, 0.1) is 11.3 Å². The number of nitriles is 1. The molecule has 0 spiro atoms. The Morgan fingerprint density at radius 1 is 1.75 bits per heavy atom. The molecule has 5 nitrogen and oxygen atoms in total. The molecule has 0 aliphatic heterocycles. The Labute approximate surface area is 97.2 Å². The molecule has 84 valence electrons. The van der Waals surface area contributed by atoms with Crippen LogP contribution in [0.5, 0.6) is 0 Å². The summed E-state index contributed by atoms with van der Waals surface area (Å²) in [7, 11) is 0. The van der Waals surface area contributed by atoms with Gasteiger partial charge in [0, 0.05) is 5.92 Å². The van der Waals surface area contributed by atoms with Crippen LogP contribution in [0.15, 0.2) is 0 Å². The van der Waals surface area contributed by atoms with Crippen LogP contribution in [0.1, 0.15) is 42.4 Å². The van der Waals surface area contributed by atoms with Gasteiger partial charge in [0.2, 0.25) is 0 Å². The third-order valence-corrected chi connectivity index (χ3v) is 3.09. The average molecular weight is 237 g/mol. The first-order valence-electron chi connectivity index (χ1n) is 5.16. The monoisotopic (exact) mass is 237 g/mol. The first-order chi connectivity index (χ1) is 7.76. The first kappa shape index (κ1) is 11.0. The Hall–Kier alpha value is -1.48. The van der Waals surface area contributed by atoms with Crippen molar-refractivity contribution in [1.29, 1.82) is 5.26 Å². The Kier molecular flexibility index (Phi) is 3.15. The van der Waals surface area contributed by atoms with E-state index in [0.717, 1.165) is 30.2 Å². The van der Waals surface area contributed by atoms with Gasteiger partial charge in [-0.3, -0.25) is 4.79 Å². The van der Waals surface area contributed by atoms with E-state index in [1.54, 1.807) is 6.92 Å². The number of hydrogen-bond donors (Lipinski definition) is 0. The number of carbonyl (C=O) groups excluding carboxylic acids is 1. The molecule has 6 heteroatoms. The van der Waals surface area contributed by atoms with E-state index in [1.165, 1.54) is 0 Å². The van der Waals surface area contributed by atoms with Crippen LogP contribution in [0.25, 0.3) is 0 Å². The van der Waals surface area contributed by atoms with Crippen molar-refractivity contribution in [3.05, 3.63) is 10.8 Å². The van der Waals surface area contributed by atoms with Crippen molar-refractivity contribution in [2.24, 2.45) is 0 Å². The fourth-order valence-electron chi connectivity index (χ4n) is 1.31. The minimum atomic E-state index is -0.926. The highest BCUT2D eigenvalue weighted by Crippen LogP contribution is 2.39. The number of esters is 1. The number of hydrogen-bond acceptors (Lipinski definition) is 6. The molecule has 1 atom stereocenters. The maximum atomic E-state index is 11.5. The van der Waals surface area contributed by atoms with Crippen molar-refractivity contribution in [1.82, 2.24) is 9.36 Å². The van der Waals surface area contributed by atoms with Crippen molar-refractivity contribution in [2.45, 2.75) is 31.6 Å². The van der Waals surface area contributed by atoms with Crippen LogP contribution in [-0.4, -0.2) is 21.9 Å². The molecule has 16 heavy (non-hydrogen) atoms. The number of ether oxygens (including phenoxy) is 1. The maximum Gasteiger partial charge on any atom is 0.330 e. The predicted molar refractivity (Wildman–Crippen MR) is 56.9 cm³/mol. The highest BCUT2D eigenvalue weighted by molar-refractivity contribution is 7.05. The molecule has 1 unspecified atom stereocenters. The Morgan fingerprint density at radius 2 is 2.50 bits per heavy atom. The van der Waals surface area contributed by atoms with Crippen molar-refractivity contribution in [2.75, 3.05) is 6.61 Å². The van der Waals surface area contributed by atoms with Gasteiger partial charge in [-0.2, -0.15) is 9.64 Å². The molecule has 1 heterocycles. The molecule has 0 aromatic carbocycles. The van der Waals surface area contributed by atoms with E-state index in [1.807, 2.05) is 6.07 Å². The Bertz CT molecular complexity index is 434. The molecule has 1 fully saturated rings. The van der Waals surface area contributed by atoms with Crippen molar-refractivity contribution in [3.63, 3.8) is 0 Å². The van der Waals surface area contributed by atoms with E-state index in [0.29, 0.717) is 10.9 Å². The van der Waals surface area contributed by atoms with E-state index < -0.39 is 11.9 Å². The molecule has 0 amide bonds. The van der Waals surface area contributed by atoms with Gasteiger partial charge in [0.1, 0.15) is 10.8 Å². The summed E-state index contributed by atoms with van der Waals surface area (Å²) in [4.78, 5) is 15.7. The first-order valence-corrected chi connectivity index (χ1v) is 5.93. The van der Waals surface area contributed by atoms with E-state index in [4.69, 9.17) is 10.00 Å². The van der Waals surface area contributed by atoms with Crippen molar-refractivity contribution in [3.8, 4) is 6.07 Å². The summed E-state index contributed by atoms with van der Waals surface area (Å²) in [5.74, 6) is -0.260. The van der Waals surface area contributed by atoms with Crippen molar-refractivity contribution >= 4 is 17.5 Å². The molecule has 1 saturated carbocycles. The lowest BCUT2D eigenvalue weighted by molar-refractivity contribution is -0.143. The average Bonchev–Trinajstić information content (AvgIpc) is 3.01. The SMILES string of the molecule is CCOC(=O)C(C#N)c1nc(C2CC2)ns1. The summed E-state index contributed by atoms with van der Waals surface area (Å²) in [5.41, 5.74) is 0. The molecular weight excluding hydrogens is 226 g/mol. The van der Waals surface area contributed by atoms with Crippen molar-refractivity contribution < 1.29 is 9.53 Å². The van der Waals surface area contributed by atoms with Gasteiger partial charge in [0.25, 0.3) is 0 Å². The molecule has 1 aromatic heterocycles. The quantitative estimate of drug-likeness (QED) is 0.743. The Morgan fingerprint density at radius 3 is 3.06 bits per heavy atom. The second-order valence-corrected chi connectivity index (χ2v) is 4.36. The molecule has 0 N–H and O–H groups in total. The van der Waals surface area contributed by atoms with Gasteiger partial charge < -0.3 is 4.74 Å². The minimum absolute atomic E-state index is 0.269. The fraction of sp³-hybridized carbons (Fsp3) is 0.600. The zero-order valence-corrected chi connectivity index (χ0v) is 9.66. The maximum absolute atomic E-state index is 11.5. The smallest absolute Gasteiger partial charge is 0.330 e. The second-order valence-electron chi connectivity index (χ2n) is 3.58. The lowest BCUT2D eigenvalue weighted by Crippen LogP contribution is -2.14. The highest BCUT2D eigenvalue weighted by Gasteiger charge is 2.31. The van der Waals surface area contributed by atoms with Gasteiger partial charge in [-0.1, -0.05) is 0 Å². The van der Waals surface area contributed by atoms with Crippen LogP contribution in [0.2, 0.25) is 0 Å². The standard InChI is InChI=1S/C10H11N3O2S/c1-2-15-10(14)7(5-11)9-12-8(13-16-9)6-3-4-6/h6-7H,2-4H2,1H3. The normalized spacial score (nSPS) is 16.5. The third-order valence-electron chi connectivity index (χ3n) is 2.30. The van der Waals surface area contributed by atoms with Gasteiger partial charge in [0.15, 0.2) is 5.92 Å². The van der Waals surface area contributed by atoms with Gasteiger partial charge in [-0.25, -0.2) is 4.98 Å². The summed E-state index contributed by atoms with van der Waals surface area (Å²) in [6, 6.07) is 1.91. The minimum Gasteiger partial charge on any atom is -0.465 e. The van der Waals surface area contributed by atoms with Crippen LogP contribution >= 0.6 is 11.5 Å². The summed E-state index contributed by atoms with van der Waals surface area (Å²) < 4.78 is 8.97. The van der Waals surface area contributed by atoms with Crippen LogP contribution in [0.3, 0.4) is 0 Å². The molecular formula is C10H11N3O2S. The van der Waals surface area contributed by atoms with E-state index in [2.05, 4.69) is 9.36 Å². The Balaban J connectivity index is 2.13. The molecule has 2 rings (SSSR count). The molecule has 1 aliphatic carbocycles. The van der Waals surface area contributed by atoms with Gasteiger partial charge in [-0.05, 0) is 31.3 Å². The van der Waals surface area contributed by atoms with Crippen LogP contribution in [0.4, 0.5) is 0 Å².